The van der Waals surface area contributed by atoms with E-state index in [1.54, 1.807) is 30.4 Å². The van der Waals surface area contributed by atoms with Gasteiger partial charge < -0.3 is 9.84 Å². The molecule has 0 amide bonds. The zero-order valence-electron chi connectivity index (χ0n) is 18.9. The minimum absolute atomic E-state index is 0.0314. The van der Waals surface area contributed by atoms with Crippen LogP contribution in [-0.4, -0.2) is 32.8 Å². The van der Waals surface area contributed by atoms with Gasteiger partial charge in [-0.1, -0.05) is 32.1 Å². The first kappa shape index (κ1) is 23.3. The first-order chi connectivity index (χ1) is 16.3. The average molecular weight is 461 g/mol. The molecule has 1 aliphatic heterocycles. The molecule has 0 radical (unpaired) electrons. The maximum atomic E-state index is 13.7. The average Bonchev–Trinajstić information content (AvgIpc) is 2.78. The molecule has 1 N–H and O–H groups in total. The summed E-state index contributed by atoms with van der Waals surface area (Å²) < 4.78 is 20.4. The van der Waals surface area contributed by atoms with E-state index in [1.165, 1.54) is 22.8 Å². The number of aliphatic hydroxyl groups is 1. The number of benzene rings is 1. The van der Waals surface area contributed by atoms with E-state index in [4.69, 9.17) is 9.72 Å². The van der Waals surface area contributed by atoms with E-state index in [2.05, 4.69) is 0 Å². The number of halogens is 1. The Morgan fingerprint density at radius 1 is 1.26 bits per heavy atom. The van der Waals surface area contributed by atoms with Crippen molar-refractivity contribution in [3.8, 4) is 17.2 Å². The number of nitrogens with zero attached hydrogens (tertiary/aromatic N) is 3. The van der Waals surface area contributed by atoms with Crippen LogP contribution < -0.4 is 5.56 Å². The van der Waals surface area contributed by atoms with E-state index >= 15 is 0 Å². The summed E-state index contributed by atoms with van der Waals surface area (Å²) in [6.45, 7) is 3.76. The van der Waals surface area contributed by atoms with E-state index in [0.29, 0.717) is 22.3 Å². The fraction of sp³-hybridized carbons (Fsp3) is 0.308. The second-order valence-corrected chi connectivity index (χ2v) is 8.58. The van der Waals surface area contributed by atoms with Gasteiger partial charge in [-0.3, -0.25) is 14.2 Å². The van der Waals surface area contributed by atoms with Gasteiger partial charge in [-0.05, 0) is 35.8 Å². The lowest BCUT2D eigenvalue weighted by Gasteiger charge is -2.24. The molecule has 8 heteroatoms. The highest BCUT2D eigenvalue weighted by molar-refractivity contribution is 5.98. The van der Waals surface area contributed by atoms with E-state index in [0.717, 1.165) is 11.1 Å². The number of esters is 1. The fourth-order valence-corrected chi connectivity index (χ4v) is 4.22. The Labute approximate surface area is 195 Å². The monoisotopic (exact) mass is 461 g/mol. The molecule has 1 aliphatic rings. The van der Waals surface area contributed by atoms with Gasteiger partial charge in [-0.2, -0.15) is 5.26 Å². The smallest absolute Gasteiger partial charge is 0.309 e. The highest BCUT2D eigenvalue weighted by Crippen LogP contribution is 2.36. The number of carbonyl (C=O) groups is 1. The van der Waals surface area contributed by atoms with Crippen LogP contribution in [0.4, 0.5) is 4.39 Å². The number of hydrogen-bond acceptors (Lipinski definition) is 6. The van der Waals surface area contributed by atoms with Gasteiger partial charge >= 0.3 is 5.97 Å². The molecule has 2 aromatic heterocycles. The van der Waals surface area contributed by atoms with Gasteiger partial charge in [0.1, 0.15) is 24.1 Å². The SMILES string of the molecule is CC(C)c1nc2c(ccc(=O)n2CC#N)c(-c2ccc(F)cc2)c1C=C[C@@H]1C[C@@H](O)CC(=O)O1. The van der Waals surface area contributed by atoms with Crippen molar-refractivity contribution in [3.63, 3.8) is 0 Å². The van der Waals surface area contributed by atoms with Crippen LogP contribution in [0.1, 0.15) is 43.9 Å². The van der Waals surface area contributed by atoms with Crippen LogP contribution in [0, 0.1) is 17.1 Å². The fourth-order valence-electron chi connectivity index (χ4n) is 4.22. The van der Waals surface area contributed by atoms with Crippen molar-refractivity contribution in [1.29, 1.82) is 5.26 Å². The van der Waals surface area contributed by atoms with E-state index < -0.39 is 18.2 Å². The van der Waals surface area contributed by atoms with Crippen LogP contribution >= 0.6 is 0 Å². The van der Waals surface area contributed by atoms with E-state index in [-0.39, 0.29) is 36.7 Å². The predicted molar refractivity (Wildman–Crippen MR) is 125 cm³/mol. The lowest BCUT2D eigenvalue weighted by molar-refractivity contribution is -0.156. The minimum Gasteiger partial charge on any atom is -0.458 e. The number of pyridine rings is 2. The summed E-state index contributed by atoms with van der Waals surface area (Å²) >= 11 is 0. The summed E-state index contributed by atoms with van der Waals surface area (Å²) in [7, 11) is 0. The minimum atomic E-state index is -0.771. The Hall–Kier alpha value is -3.83. The van der Waals surface area contributed by atoms with Crippen molar-refractivity contribution >= 4 is 23.1 Å². The zero-order chi connectivity index (χ0) is 24.4. The van der Waals surface area contributed by atoms with Gasteiger partial charge in [0.2, 0.25) is 0 Å². The van der Waals surface area contributed by atoms with Gasteiger partial charge in [0.25, 0.3) is 5.56 Å². The third kappa shape index (κ3) is 4.61. The second-order valence-electron chi connectivity index (χ2n) is 8.58. The Kier molecular flexibility index (Phi) is 6.57. The first-order valence-electron chi connectivity index (χ1n) is 11.0. The second kappa shape index (κ2) is 9.57. The number of carbonyl (C=O) groups excluding carboxylic acids is 1. The number of fused-ring (bicyclic) bond motifs is 1. The summed E-state index contributed by atoms with van der Waals surface area (Å²) in [4.78, 5) is 29.1. The number of hydrogen-bond donors (Lipinski definition) is 1. The van der Waals surface area contributed by atoms with Gasteiger partial charge in [-0.15, -0.1) is 0 Å². The molecule has 0 saturated carbocycles. The molecule has 174 valence electrons. The van der Waals surface area contributed by atoms with Crippen molar-refractivity contribution in [2.75, 3.05) is 0 Å². The molecule has 1 saturated heterocycles. The molecule has 1 aromatic carbocycles. The molecule has 0 unspecified atom stereocenters. The number of nitriles is 1. The van der Waals surface area contributed by atoms with Gasteiger partial charge in [-0.25, -0.2) is 9.37 Å². The largest absolute Gasteiger partial charge is 0.458 e. The molecule has 7 nitrogen and oxygen atoms in total. The van der Waals surface area contributed by atoms with Crippen LogP contribution in [0.25, 0.3) is 28.2 Å². The molecule has 3 heterocycles. The van der Waals surface area contributed by atoms with Crippen molar-refractivity contribution in [3.05, 3.63) is 69.9 Å². The number of rotatable bonds is 5. The zero-order valence-corrected chi connectivity index (χ0v) is 18.9. The summed E-state index contributed by atoms with van der Waals surface area (Å²) in [6, 6.07) is 11.1. The quantitative estimate of drug-likeness (QED) is 0.577. The number of aliphatic hydroxyl groups excluding tert-OH is 1. The summed E-state index contributed by atoms with van der Waals surface area (Å²) in [5.41, 5.74) is 2.86. The van der Waals surface area contributed by atoms with Crippen LogP contribution in [0.15, 0.2) is 47.3 Å². The Bertz CT molecular complexity index is 1370. The Morgan fingerprint density at radius 2 is 2.00 bits per heavy atom. The summed E-state index contributed by atoms with van der Waals surface area (Å²) in [5.74, 6) is -0.908. The topological polar surface area (TPSA) is 105 Å². The maximum Gasteiger partial charge on any atom is 0.309 e. The van der Waals surface area contributed by atoms with Crippen molar-refractivity contribution in [2.45, 2.75) is 51.4 Å². The summed E-state index contributed by atoms with van der Waals surface area (Å²) in [6.07, 6.45) is 2.40. The highest BCUT2D eigenvalue weighted by Gasteiger charge is 2.26. The normalized spacial score (nSPS) is 18.4. The van der Waals surface area contributed by atoms with Crippen molar-refractivity contribution in [2.24, 2.45) is 0 Å². The number of aromatic nitrogens is 2. The van der Waals surface area contributed by atoms with Gasteiger partial charge in [0.15, 0.2) is 0 Å². The molecule has 0 spiro atoms. The van der Waals surface area contributed by atoms with E-state index in [1.807, 2.05) is 19.9 Å². The molecular weight excluding hydrogens is 437 g/mol. The number of ether oxygens (including phenoxy) is 1. The number of cyclic esters (lactones) is 1. The van der Waals surface area contributed by atoms with Gasteiger partial charge in [0, 0.05) is 29.0 Å². The third-order valence-corrected chi connectivity index (χ3v) is 5.77. The third-order valence-electron chi connectivity index (χ3n) is 5.77. The molecule has 34 heavy (non-hydrogen) atoms. The van der Waals surface area contributed by atoms with Crippen LogP contribution in [-0.2, 0) is 16.1 Å². The van der Waals surface area contributed by atoms with Crippen molar-refractivity contribution in [1.82, 2.24) is 9.55 Å². The van der Waals surface area contributed by atoms with Crippen LogP contribution in [0.3, 0.4) is 0 Å². The predicted octanol–water partition coefficient (Wildman–Crippen LogP) is 3.93. The highest BCUT2D eigenvalue weighted by atomic mass is 19.1. The maximum absolute atomic E-state index is 13.7. The van der Waals surface area contributed by atoms with Crippen LogP contribution in [0.5, 0.6) is 0 Å². The molecule has 1 fully saturated rings. The molecule has 0 bridgehead atoms. The molecular formula is C26H24FN3O4. The van der Waals surface area contributed by atoms with Gasteiger partial charge in [0.05, 0.1) is 24.3 Å². The van der Waals surface area contributed by atoms with Crippen molar-refractivity contribution < 1.29 is 19.0 Å². The lowest BCUT2D eigenvalue weighted by atomic mass is 9.91. The Morgan fingerprint density at radius 3 is 2.65 bits per heavy atom. The van der Waals surface area contributed by atoms with E-state index in [9.17, 15) is 24.3 Å². The van der Waals surface area contributed by atoms with Crippen LogP contribution in [0.2, 0.25) is 0 Å². The molecule has 0 aliphatic carbocycles. The molecule has 2 atom stereocenters. The molecule has 3 aromatic rings. The molecule has 4 rings (SSSR count). The summed E-state index contributed by atoms with van der Waals surface area (Å²) in [5, 5.41) is 19.9. The Balaban J connectivity index is 2.01. The standard InChI is InChI=1S/C26H24FN3O4/c1-15(2)25-20(8-7-19-13-18(31)14-23(33)34-19)24(16-3-5-17(27)6-4-16)21-9-10-22(32)30(12-11-28)26(21)29-25/h3-10,15,18-19,31H,12-14H2,1-2H3/t18-,19-/m1/s1. The lowest BCUT2D eigenvalue weighted by Crippen LogP contribution is -2.31. The first-order valence-corrected chi connectivity index (χ1v) is 11.0.